The molecule has 19 heavy (non-hydrogen) atoms. The minimum absolute atomic E-state index is 0.0906. The number of nitrogens with one attached hydrogen (secondary N) is 1. The molecule has 2 fully saturated rings. The molecule has 4 nitrogen and oxygen atoms in total. The van der Waals surface area contributed by atoms with Crippen LogP contribution in [0.4, 0.5) is 4.79 Å². The number of nitrogens with zero attached hydrogens (tertiary/aromatic N) is 2. The number of piperazine rings is 1. The lowest BCUT2D eigenvalue weighted by Gasteiger charge is -2.40. The number of halogens is 2. The summed E-state index contributed by atoms with van der Waals surface area (Å²) in [6.07, 6.45) is 4.83. The molecule has 0 aromatic carbocycles. The molecule has 1 N–H and O–H groups in total. The fraction of sp³-hybridized carbons (Fsp3) is 0.923. The smallest absolute Gasteiger partial charge is 0.280 e. The second-order valence-corrected chi connectivity index (χ2v) is 8.19. The zero-order valence-electron chi connectivity index (χ0n) is 11.4. The van der Waals surface area contributed by atoms with E-state index in [4.69, 9.17) is 0 Å². The highest BCUT2D eigenvalue weighted by atomic mass is 127. The Bertz CT molecular complexity index is 308. The highest BCUT2D eigenvalue weighted by molar-refractivity contribution is 14.1. The van der Waals surface area contributed by atoms with Crippen molar-refractivity contribution in [3.05, 3.63) is 0 Å². The predicted octanol–water partition coefficient (Wildman–Crippen LogP) is 3.05. The van der Waals surface area contributed by atoms with Crippen LogP contribution in [0, 0.1) is 5.92 Å². The first-order valence-electron chi connectivity index (χ1n) is 7.15. The Hall–Kier alpha value is 0.850. The molecule has 0 aromatic heterocycles. The number of hydrogen-bond acceptors (Lipinski definition) is 3. The molecule has 0 radical (unpaired) electrons. The lowest BCUT2D eigenvalue weighted by molar-refractivity contribution is 0.107. The van der Waals surface area contributed by atoms with Crippen molar-refractivity contribution < 1.29 is 4.79 Å². The maximum atomic E-state index is 11.0. The summed E-state index contributed by atoms with van der Waals surface area (Å²) in [5.41, 5.74) is 0. The van der Waals surface area contributed by atoms with Gasteiger partial charge in [-0.3, -0.25) is 9.69 Å². The molecule has 1 aliphatic heterocycles. The number of amides is 1. The van der Waals surface area contributed by atoms with Crippen LogP contribution in [-0.2, 0) is 0 Å². The van der Waals surface area contributed by atoms with Gasteiger partial charge in [-0.15, -0.1) is 0 Å². The van der Waals surface area contributed by atoms with E-state index in [2.05, 4.69) is 43.1 Å². The van der Waals surface area contributed by atoms with Crippen molar-refractivity contribution in [1.29, 1.82) is 0 Å². The summed E-state index contributed by atoms with van der Waals surface area (Å²) in [4.78, 5) is 13.7. The monoisotopic (exact) mass is 491 g/mol. The Morgan fingerprint density at radius 3 is 2.53 bits per heavy atom. The molecule has 1 amide bonds. The van der Waals surface area contributed by atoms with Gasteiger partial charge in [0.25, 0.3) is 3.91 Å². The van der Waals surface area contributed by atoms with Crippen LogP contribution >= 0.6 is 45.5 Å². The Labute approximate surface area is 143 Å². The zero-order chi connectivity index (χ0) is 13.8. The summed E-state index contributed by atoms with van der Waals surface area (Å²) in [5, 5.41) is 3.05. The first kappa shape index (κ1) is 16.2. The Balaban J connectivity index is 1.72. The standard InChI is InChI=1S/C13H23I2N3O/c1-10-8-18(15)7-6-17(10)9-11-2-4-12(5-3-11)16-13(14)19/h10-12H,2-9H2,1H3,(H,16,19)/t10-,11?,12?/m0/s1. The third-order valence-corrected chi connectivity index (χ3v) is 5.56. The van der Waals surface area contributed by atoms with E-state index in [0.29, 0.717) is 12.1 Å². The fourth-order valence-electron chi connectivity index (χ4n) is 3.20. The lowest BCUT2D eigenvalue weighted by atomic mass is 9.85. The molecule has 2 aliphatic rings. The van der Waals surface area contributed by atoms with E-state index < -0.39 is 0 Å². The van der Waals surface area contributed by atoms with Gasteiger partial charge >= 0.3 is 0 Å². The van der Waals surface area contributed by atoms with Crippen molar-refractivity contribution in [2.24, 2.45) is 5.92 Å². The van der Waals surface area contributed by atoms with Crippen molar-refractivity contribution in [3.8, 4) is 0 Å². The van der Waals surface area contributed by atoms with Gasteiger partial charge in [0.05, 0.1) is 0 Å². The van der Waals surface area contributed by atoms with E-state index in [-0.39, 0.29) is 3.91 Å². The number of carbonyl (C=O) groups is 1. The highest BCUT2D eigenvalue weighted by Crippen LogP contribution is 2.27. The molecule has 6 heteroatoms. The number of rotatable bonds is 3. The van der Waals surface area contributed by atoms with E-state index in [1.54, 1.807) is 0 Å². The minimum atomic E-state index is 0.0906. The maximum absolute atomic E-state index is 11.0. The summed E-state index contributed by atoms with van der Waals surface area (Å²) in [7, 11) is 0. The van der Waals surface area contributed by atoms with E-state index >= 15 is 0 Å². The molecule has 0 unspecified atom stereocenters. The third kappa shape index (κ3) is 5.28. The van der Waals surface area contributed by atoms with Gasteiger partial charge in [0.15, 0.2) is 0 Å². The van der Waals surface area contributed by atoms with Gasteiger partial charge < -0.3 is 5.32 Å². The van der Waals surface area contributed by atoms with Gasteiger partial charge in [0.1, 0.15) is 0 Å². The van der Waals surface area contributed by atoms with Crippen LogP contribution in [0.2, 0.25) is 0 Å². The van der Waals surface area contributed by atoms with Gasteiger partial charge in [0.2, 0.25) is 0 Å². The first-order valence-corrected chi connectivity index (χ1v) is 9.19. The summed E-state index contributed by atoms with van der Waals surface area (Å²) in [5.74, 6) is 0.825. The predicted molar refractivity (Wildman–Crippen MR) is 94.9 cm³/mol. The molecule has 0 spiro atoms. The second kappa shape index (κ2) is 7.74. The topological polar surface area (TPSA) is 35.6 Å². The summed E-state index contributed by atoms with van der Waals surface area (Å²) in [6.45, 7) is 7.16. The first-order chi connectivity index (χ1) is 9.04. The fourth-order valence-corrected chi connectivity index (χ4v) is 4.43. The van der Waals surface area contributed by atoms with Crippen LogP contribution in [0.25, 0.3) is 0 Å². The molecule has 1 saturated carbocycles. The molecule has 0 aromatic rings. The van der Waals surface area contributed by atoms with E-state index in [9.17, 15) is 4.79 Å². The second-order valence-electron chi connectivity index (χ2n) is 5.85. The van der Waals surface area contributed by atoms with E-state index in [0.717, 1.165) is 18.8 Å². The SMILES string of the molecule is C[C@H]1CN(I)CCN1CC1CCC(NC(=O)I)CC1. The van der Waals surface area contributed by atoms with Gasteiger partial charge in [-0.1, -0.05) is 0 Å². The van der Waals surface area contributed by atoms with Crippen LogP contribution in [0.5, 0.6) is 0 Å². The Morgan fingerprint density at radius 1 is 1.26 bits per heavy atom. The highest BCUT2D eigenvalue weighted by Gasteiger charge is 2.27. The van der Waals surface area contributed by atoms with Gasteiger partial charge in [0, 0.05) is 83.7 Å². The Kier molecular flexibility index (Phi) is 6.61. The lowest BCUT2D eigenvalue weighted by Crippen LogP contribution is -2.50. The maximum Gasteiger partial charge on any atom is 0.280 e. The van der Waals surface area contributed by atoms with Crippen molar-refractivity contribution in [3.63, 3.8) is 0 Å². The van der Waals surface area contributed by atoms with Crippen LogP contribution in [0.1, 0.15) is 32.6 Å². The summed E-state index contributed by atoms with van der Waals surface area (Å²) in [6, 6.07) is 1.10. The van der Waals surface area contributed by atoms with E-state index in [1.807, 2.05) is 22.6 Å². The molecular formula is C13H23I2N3O. The molecule has 110 valence electrons. The molecule has 2 rings (SSSR count). The minimum Gasteiger partial charge on any atom is -0.345 e. The van der Waals surface area contributed by atoms with Gasteiger partial charge in [-0.25, -0.2) is 3.11 Å². The molecular weight excluding hydrogens is 468 g/mol. The summed E-state index contributed by atoms with van der Waals surface area (Å²) >= 11 is 4.27. The largest absolute Gasteiger partial charge is 0.345 e. The van der Waals surface area contributed by atoms with Gasteiger partial charge in [-0.2, -0.15) is 0 Å². The number of hydrogen-bond donors (Lipinski definition) is 1. The number of carbonyl (C=O) groups excluding carboxylic acids is 1. The van der Waals surface area contributed by atoms with Crippen LogP contribution in [0.3, 0.4) is 0 Å². The van der Waals surface area contributed by atoms with Crippen LogP contribution < -0.4 is 5.32 Å². The third-order valence-electron chi connectivity index (χ3n) is 4.37. The average molecular weight is 491 g/mol. The van der Waals surface area contributed by atoms with Crippen LogP contribution in [0.15, 0.2) is 0 Å². The van der Waals surface area contributed by atoms with Crippen molar-refractivity contribution in [2.75, 3.05) is 26.2 Å². The molecule has 0 bridgehead atoms. The van der Waals surface area contributed by atoms with E-state index in [1.165, 1.54) is 39.0 Å². The zero-order valence-corrected chi connectivity index (χ0v) is 15.8. The van der Waals surface area contributed by atoms with Crippen molar-refractivity contribution >= 4 is 49.4 Å². The molecule has 1 atom stereocenters. The molecule has 1 heterocycles. The molecule has 1 saturated heterocycles. The Morgan fingerprint density at radius 2 is 1.95 bits per heavy atom. The van der Waals surface area contributed by atoms with Crippen molar-refractivity contribution in [2.45, 2.75) is 44.7 Å². The average Bonchev–Trinajstić information content (AvgIpc) is 2.34. The summed E-state index contributed by atoms with van der Waals surface area (Å²) < 4.78 is 2.49. The normalized spacial score (nSPS) is 34.2. The van der Waals surface area contributed by atoms with Crippen molar-refractivity contribution in [1.82, 2.24) is 13.3 Å². The van der Waals surface area contributed by atoms with Crippen LogP contribution in [-0.4, -0.2) is 50.2 Å². The van der Waals surface area contributed by atoms with Gasteiger partial charge in [-0.05, 0) is 38.5 Å². The quantitative estimate of drug-likeness (QED) is 0.286. The molecule has 1 aliphatic carbocycles.